The maximum atomic E-state index is 6.54. The van der Waals surface area contributed by atoms with Gasteiger partial charge in [0.05, 0.1) is 5.69 Å². The number of rotatable bonds is 4. The molecule has 73 heavy (non-hydrogen) atoms. The smallest absolute Gasteiger partial charge is 0.252 e. The van der Waals surface area contributed by atoms with Crippen molar-refractivity contribution in [2.75, 3.05) is 9.80 Å². The van der Waals surface area contributed by atoms with E-state index in [2.05, 4.69) is 245 Å². The summed E-state index contributed by atoms with van der Waals surface area (Å²) in [4.78, 5) is 5.37. The molecule has 0 saturated heterocycles. The molecule has 0 N–H and O–H groups in total. The number of furan rings is 1. The van der Waals surface area contributed by atoms with Gasteiger partial charge in [-0.3, -0.25) is 0 Å². The van der Waals surface area contributed by atoms with Crippen LogP contribution >= 0.6 is 0 Å². The van der Waals surface area contributed by atoms with Crippen LogP contribution in [0.15, 0.2) is 150 Å². The van der Waals surface area contributed by atoms with Gasteiger partial charge in [0.2, 0.25) is 0 Å². The number of fused-ring (bicyclic) bond motifs is 9. The summed E-state index contributed by atoms with van der Waals surface area (Å²) in [6.07, 6.45) is 3.43. The Hall–Kier alpha value is -6.78. The van der Waals surface area contributed by atoms with Crippen molar-refractivity contribution in [2.24, 2.45) is 0 Å². The van der Waals surface area contributed by atoms with E-state index >= 15 is 0 Å². The SMILES string of the molecule is Cc1cc2c3c(c1)N(c1ccc(C(C)(C)C)cc1-c1ccccc1)c1cc4c(cc1B3c1ccc(-c3cccc5oc6ccccc6c35)cc1N2c1cc2c(cc1C)C(C)(C)CCC2(C)C)C(C)(C)CC4(C)C. The highest BCUT2D eigenvalue weighted by Crippen LogP contribution is 2.55. The van der Waals surface area contributed by atoms with Crippen LogP contribution in [-0.4, -0.2) is 6.71 Å². The Bertz CT molecular complexity index is 3800. The van der Waals surface area contributed by atoms with Crippen LogP contribution in [0, 0.1) is 13.8 Å². The molecule has 3 nitrogen and oxygen atoms in total. The van der Waals surface area contributed by atoms with Crippen LogP contribution in [-0.2, 0) is 27.1 Å². The third kappa shape index (κ3) is 6.84. The van der Waals surface area contributed by atoms with E-state index < -0.39 is 0 Å². The Morgan fingerprint density at radius 2 is 1.07 bits per heavy atom. The molecular formula is C69H69BN2O. The fourth-order valence-electron chi connectivity index (χ4n) is 14.3. The molecule has 364 valence electrons. The average molecular weight is 953 g/mol. The molecule has 0 atom stereocenters. The van der Waals surface area contributed by atoms with E-state index in [0.29, 0.717) is 0 Å². The van der Waals surface area contributed by atoms with Gasteiger partial charge in [-0.05, 0) is 187 Å². The molecule has 8 aromatic carbocycles. The minimum Gasteiger partial charge on any atom is -0.456 e. The molecule has 0 radical (unpaired) electrons. The predicted octanol–water partition coefficient (Wildman–Crippen LogP) is 17.2. The van der Waals surface area contributed by atoms with Crippen LogP contribution in [0.5, 0.6) is 0 Å². The lowest BCUT2D eigenvalue weighted by atomic mass is 9.33. The van der Waals surface area contributed by atoms with Crippen LogP contribution in [0.4, 0.5) is 34.1 Å². The zero-order chi connectivity index (χ0) is 50.9. The maximum absolute atomic E-state index is 6.54. The first-order valence-corrected chi connectivity index (χ1v) is 27.0. The normalized spacial score (nSPS) is 17.6. The first kappa shape index (κ1) is 46.0. The summed E-state index contributed by atoms with van der Waals surface area (Å²) < 4.78 is 6.54. The lowest BCUT2D eigenvalue weighted by Crippen LogP contribution is -2.61. The second kappa shape index (κ2) is 15.4. The fourth-order valence-corrected chi connectivity index (χ4v) is 14.3. The Balaban J connectivity index is 1.15. The van der Waals surface area contributed by atoms with Gasteiger partial charge in [-0.25, -0.2) is 0 Å². The molecular weight excluding hydrogens is 884 g/mol. The van der Waals surface area contributed by atoms with Crippen molar-refractivity contribution in [2.45, 2.75) is 136 Å². The Labute approximate surface area is 434 Å². The van der Waals surface area contributed by atoms with Crippen LogP contribution in [0.3, 0.4) is 0 Å². The molecule has 1 aromatic heterocycles. The van der Waals surface area contributed by atoms with E-state index in [1.165, 1.54) is 124 Å². The number of nitrogens with zero attached hydrogens (tertiary/aromatic N) is 2. The summed E-state index contributed by atoms with van der Waals surface area (Å²) >= 11 is 0. The molecule has 9 aromatic rings. The molecule has 13 rings (SSSR count). The molecule has 0 unspecified atom stereocenters. The summed E-state index contributed by atoms with van der Waals surface area (Å²) in [6.45, 7) is 31.4. The minimum atomic E-state index is -0.0261. The van der Waals surface area contributed by atoms with Gasteiger partial charge >= 0.3 is 0 Å². The lowest BCUT2D eigenvalue weighted by molar-refractivity contribution is 0.332. The minimum absolute atomic E-state index is 0.0106. The number of para-hydroxylation sites is 1. The van der Waals surface area contributed by atoms with Gasteiger partial charge in [-0.2, -0.15) is 0 Å². The van der Waals surface area contributed by atoms with Crippen LogP contribution < -0.4 is 26.2 Å². The molecule has 4 aliphatic rings. The van der Waals surface area contributed by atoms with Gasteiger partial charge in [-0.1, -0.05) is 167 Å². The van der Waals surface area contributed by atoms with Crippen LogP contribution in [0.2, 0.25) is 0 Å². The first-order chi connectivity index (χ1) is 34.6. The first-order valence-electron chi connectivity index (χ1n) is 27.0. The van der Waals surface area contributed by atoms with E-state index in [9.17, 15) is 0 Å². The lowest BCUT2D eigenvalue weighted by Gasteiger charge is -2.47. The molecule has 0 amide bonds. The molecule has 0 saturated carbocycles. The van der Waals surface area contributed by atoms with Crippen molar-refractivity contribution in [1.82, 2.24) is 0 Å². The molecule has 0 bridgehead atoms. The zero-order valence-corrected chi connectivity index (χ0v) is 45.4. The van der Waals surface area contributed by atoms with Crippen molar-refractivity contribution in [1.29, 1.82) is 0 Å². The van der Waals surface area contributed by atoms with Crippen molar-refractivity contribution in [3.05, 3.63) is 185 Å². The maximum Gasteiger partial charge on any atom is 0.252 e. The van der Waals surface area contributed by atoms with Crippen LogP contribution in [0.1, 0.15) is 134 Å². The largest absolute Gasteiger partial charge is 0.456 e. The van der Waals surface area contributed by atoms with Gasteiger partial charge in [-0.15, -0.1) is 0 Å². The van der Waals surface area contributed by atoms with E-state index in [1.807, 2.05) is 0 Å². The molecule has 0 spiro atoms. The van der Waals surface area contributed by atoms with Crippen molar-refractivity contribution < 1.29 is 4.42 Å². The summed E-state index contributed by atoms with van der Waals surface area (Å²) in [5.41, 5.74) is 28.2. The summed E-state index contributed by atoms with van der Waals surface area (Å²) in [5, 5.41) is 2.31. The molecule has 2 aliphatic heterocycles. The average Bonchev–Trinajstić information content (AvgIpc) is 3.82. The van der Waals surface area contributed by atoms with Gasteiger partial charge < -0.3 is 14.2 Å². The van der Waals surface area contributed by atoms with Crippen molar-refractivity contribution >= 4 is 79.2 Å². The Kier molecular flexibility index (Phi) is 9.71. The number of hydrogen-bond donors (Lipinski definition) is 0. The van der Waals surface area contributed by atoms with Gasteiger partial charge in [0.1, 0.15) is 11.2 Å². The number of hydrogen-bond acceptors (Lipinski definition) is 3. The van der Waals surface area contributed by atoms with E-state index in [1.54, 1.807) is 0 Å². The monoisotopic (exact) mass is 953 g/mol. The van der Waals surface area contributed by atoms with Gasteiger partial charge in [0.15, 0.2) is 0 Å². The summed E-state index contributed by atoms with van der Waals surface area (Å²) in [6, 6.07) is 56.4. The molecule has 0 fully saturated rings. The van der Waals surface area contributed by atoms with Crippen molar-refractivity contribution in [3.63, 3.8) is 0 Å². The summed E-state index contributed by atoms with van der Waals surface area (Å²) in [7, 11) is 0. The second-order valence-corrected chi connectivity index (χ2v) is 26.1. The van der Waals surface area contributed by atoms with Gasteiger partial charge in [0, 0.05) is 44.8 Å². The van der Waals surface area contributed by atoms with E-state index in [0.717, 1.165) is 29.4 Å². The fraction of sp³-hybridized carbons (Fsp3) is 0.304. The Morgan fingerprint density at radius 3 is 1.78 bits per heavy atom. The summed E-state index contributed by atoms with van der Waals surface area (Å²) in [5.74, 6) is 0. The third-order valence-corrected chi connectivity index (χ3v) is 18.0. The Morgan fingerprint density at radius 1 is 0.466 bits per heavy atom. The molecule has 3 heterocycles. The number of aryl methyl sites for hydroxylation is 2. The number of benzene rings is 8. The highest BCUT2D eigenvalue weighted by molar-refractivity contribution is 7.00. The standard InChI is InChI=1S/C69H69BN2O/c1-41-32-59-64-60(33-41)72(56-38-51-49(34-42(56)2)66(6,7)30-31-67(51,8)9)57-35-44(46-23-19-25-62-63(46)47-22-17-18-24-61(47)73-62)26-28-53(57)70(64)54-37-50-52(69(12,13)40-68(50,10)11)39-58(54)71(59)55-29-27-45(65(3,4)5)36-48(55)43-20-15-14-16-21-43/h14-29,32-39H,30-31,40H2,1-13H3. The quantitative estimate of drug-likeness (QED) is 0.164. The van der Waals surface area contributed by atoms with Gasteiger partial charge in [0.25, 0.3) is 6.71 Å². The van der Waals surface area contributed by atoms with Crippen molar-refractivity contribution in [3.8, 4) is 22.3 Å². The van der Waals surface area contributed by atoms with E-state index in [-0.39, 0.29) is 33.8 Å². The predicted molar refractivity (Wildman–Crippen MR) is 313 cm³/mol. The second-order valence-electron chi connectivity index (χ2n) is 26.1. The highest BCUT2D eigenvalue weighted by atomic mass is 16.3. The zero-order valence-electron chi connectivity index (χ0n) is 45.4. The topological polar surface area (TPSA) is 19.6 Å². The molecule has 2 aliphatic carbocycles. The molecule has 4 heteroatoms. The van der Waals surface area contributed by atoms with E-state index in [4.69, 9.17) is 4.42 Å². The van der Waals surface area contributed by atoms with Crippen LogP contribution in [0.25, 0.3) is 44.2 Å². The highest BCUT2D eigenvalue weighted by Gasteiger charge is 2.49. The number of anilines is 6. The third-order valence-electron chi connectivity index (χ3n) is 18.0.